The normalized spacial score (nSPS) is 14.5. The largest absolute Gasteiger partial charge is 0.371 e. The lowest BCUT2D eigenvalue weighted by molar-refractivity contribution is 0.665. The molecule has 20 heavy (non-hydrogen) atoms. The minimum absolute atomic E-state index is 0.747. The van der Waals surface area contributed by atoms with E-state index < -0.39 is 0 Å². The molecule has 1 fully saturated rings. The van der Waals surface area contributed by atoms with Gasteiger partial charge in [-0.15, -0.1) is 0 Å². The fourth-order valence-electron chi connectivity index (χ4n) is 2.36. The molecule has 0 spiro atoms. The second-order valence-corrected chi connectivity index (χ2v) is 5.85. The summed E-state index contributed by atoms with van der Waals surface area (Å²) in [5.74, 6) is 0. The molecule has 1 aromatic heterocycles. The fraction of sp³-hybridized carbons (Fsp3) is 0.706. The van der Waals surface area contributed by atoms with Gasteiger partial charge in [-0.05, 0) is 37.8 Å². The van der Waals surface area contributed by atoms with Crippen molar-refractivity contribution >= 4 is 5.69 Å². The second-order valence-electron chi connectivity index (χ2n) is 5.85. The number of aromatic nitrogens is 1. The molecule has 1 N–H and O–H groups in total. The van der Waals surface area contributed by atoms with Crippen LogP contribution in [0.3, 0.4) is 0 Å². The monoisotopic (exact) mass is 275 g/mol. The maximum Gasteiger partial charge on any atom is 0.0562 e. The van der Waals surface area contributed by atoms with Crippen molar-refractivity contribution in [1.82, 2.24) is 10.3 Å². The minimum atomic E-state index is 0.747. The van der Waals surface area contributed by atoms with Crippen molar-refractivity contribution in [2.45, 2.75) is 65.0 Å². The molecule has 3 heteroatoms. The number of nitrogens with zero attached hydrogens (tertiary/aromatic N) is 2. The summed E-state index contributed by atoms with van der Waals surface area (Å²) in [7, 11) is 0. The van der Waals surface area contributed by atoms with Crippen LogP contribution in [0, 0.1) is 0 Å². The molecule has 0 saturated heterocycles. The van der Waals surface area contributed by atoms with Gasteiger partial charge in [-0.25, -0.2) is 0 Å². The maximum atomic E-state index is 4.49. The molecule has 0 atom stereocenters. The van der Waals surface area contributed by atoms with E-state index in [0.717, 1.165) is 25.7 Å². The highest BCUT2D eigenvalue weighted by atomic mass is 15.1. The third-order valence-electron chi connectivity index (χ3n) is 3.88. The Morgan fingerprint density at radius 2 is 1.90 bits per heavy atom. The molecule has 1 aliphatic carbocycles. The first kappa shape index (κ1) is 15.3. The Kier molecular flexibility index (Phi) is 6.31. The summed E-state index contributed by atoms with van der Waals surface area (Å²) in [6, 6.07) is 5.17. The summed E-state index contributed by atoms with van der Waals surface area (Å²) in [6.45, 7) is 7.75. The van der Waals surface area contributed by atoms with Crippen molar-refractivity contribution in [3.8, 4) is 0 Å². The van der Waals surface area contributed by atoms with E-state index in [1.807, 2.05) is 6.20 Å². The van der Waals surface area contributed by atoms with E-state index in [9.17, 15) is 0 Å². The average molecular weight is 275 g/mol. The van der Waals surface area contributed by atoms with Crippen molar-refractivity contribution in [2.75, 3.05) is 18.0 Å². The Morgan fingerprint density at radius 3 is 2.50 bits per heavy atom. The first-order chi connectivity index (χ1) is 9.83. The van der Waals surface area contributed by atoms with Crippen molar-refractivity contribution in [3.63, 3.8) is 0 Å². The smallest absolute Gasteiger partial charge is 0.0562 e. The molecule has 3 nitrogen and oxygen atoms in total. The van der Waals surface area contributed by atoms with Gasteiger partial charge in [0, 0.05) is 37.6 Å². The molecule has 0 unspecified atom stereocenters. The lowest BCUT2D eigenvalue weighted by Gasteiger charge is -2.25. The van der Waals surface area contributed by atoms with Crippen molar-refractivity contribution in [3.05, 3.63) is 24.0 Å². The lowest BCUT2D eigenvalue weighted by Crippen LogP contribution is -2.26. The van der Waals surface area contributed by atoms with Crippen LogP contribution in [0.5, 0.6) is 0 Å². The van der Waals surface area contributed by atoms with Gasteiger partial charge in [0.05, 0.1) is 5.69 Å². The van der Waals surface area contributed by atoms with Crippen LogP contribution in [-0.4, -0.2) is 24.1 Å². The fourth-order valence-corrected chi connectivity index (χ4v) is 2.36. The van der Waals surface area contributed by atoms with Crippen LogP contribution >= 0.6 is 0 Å². The highest BCUT2D eigenvalue weighted by Crippen LogP contribution is 2.20. The van der Waals surface area contributed by atoms with E-state index >= 15 is 0 Å². The summed E-state index contributed by atoms with van der Waals surface area (Å²) in [5, 5.41) is 3.54. The second kappa shape index (κ2) is 8.25. The number of nitrogens with one attached hydrogen (secondary N) is 1. The van der Waals surface area contributed by atoms with Gasteiger partial charge in [-0.3, -0.25) is 4.98 Å². The Hall–Kier alpha value is -1.09. The quantitative estimate of drug-likeness (QED) is 0.705. The molecule has 0 aromatic carbocycles. The van der Waals surface area contributed by atoms with Gasteiger partial charge in [0.25, 0.3) is 0 Å². The molecule has 112 valence electrons. The van der Waals surface area contributed by atoms with E-state index in [2.05, 4.69) is 41.2 Å². The zero-order chi connectivity index (χ0) is 14.2. The van der Waals surface area contributed by atoms with Gasteiger partial charge in [0.15, 0.2) is 0 Å². The molecular formula is C17H29N3. The van der Waals surface area contributed by atoms with Gasteiger partial charge in [-0.2, -0.15) is 0 Å². The number of hydrogen-bond donors (Lipinski definition) is 1. The molecule has 0 radical (unpaired) electrons. The van der Waals surface area contributed by atoms with Crippen molar-refractivity contribution in [2.24, 2.45) is 0 Å². The van der Waals surface area contributed by atoms with Gasteiger partial charge >= 0.3 is 0 Å². The Bertz CT molecular complexity index is 380. The van der Waals surface area contributed by atoms with Crippen LogP contribution < -0.4 is 10.2 Å². The van der Waals surface area contributed by atoms with E-state index in [1.54, 1.807) is 0 Å². The number of hydrogen-bond acceptors (Lipinski definition) is 3. The molecular weight excluding hydrogens is 246 g/mol. The first-order valence-electron chi connectivity index (χ1n) is 8.26. The highest BCUT2D eigenvalue weighted by Gasteiger charge is 2.20. The molecule has 2 rings (SSSR count). The van der Waals surface area contributed by atoms with Gasteiger partial charge in [0.1, 0.15) is 0 Å². The predicted molar refractivity (Wildman–Crippen MR) is 86.1 cm³/mol. The number of unbranched alkanes of at least 4 members (excludes halogenated alkanes) is 2. The number of rotatable bonds is 10. The van der Waals surface area contributed by atoms with Crippen LogP contribution in [0.15, 0.2) is 18.3 Å². The topological polar surface area (TPSA) is 28.2 Å². The molecule has 1 aliphatic rings. The van der Waals surface area contributed by atoms with E-state index in [-0.39, 0.29) is 0 Å². The van der Waals surface area contributed by atoms with Gasteiger partial charge in [-0.1, -0.05) is 26.7 Å². The molecule has 0 aliphatic heterocycles. The summed E-state index contributed by atoms with van der Waals surface area (Å²) in [4.78, 5) is 7.02. The molecule has 1 aromatic rings. The summed E-state index contributed by atoms with van der Waals surface area (Å²) < 4.78 is 0. The maximum absolute atomic E-state index is 4.49. The van der Waals surface area contributed by atoms with Crippen LogP contribution in [0.2, 0.25) is 0 Å². The Labute approximate surface area is 123 Å². The zero-order valence-electron chi connectivity index (χ0n) is 13.1. The standard InChI is InChI=1S/C17H29N3/c1-3-5-11-20(12-6-4-2)17-9-10-18-16(13-17)14-19-15-7-8-15/h9-10,13,15,19H,3-8,11-12,14H2,1-2H3. The van der Waals surface area contributed by atoms with E-state index in [0.29, 0.717) is 0 Å². The van der Waals surface area contributed by atoms with Crippen LogP contribution in [0.1, 0.15) is 58.1 Å². The molecule has 1 heterocycles. The summed E-state index contributed by atoms with van der Waals surface area (Å²) >= 11 is 0. The van der Waals surface area contributed by atoms with Crippen LogP contribution in [0.25, 0.3) is 0 Å². The lowest BCUT2D eigenvalue weighted by atomic mass is 10.2. The number of pyridine rings is 1. The van der Waals surface area contributed by atoms with Gasteiger partial charge in [0.2, 0.25) is 0 Å². The SMILES string of the molecule is CCCCN(CCCC)c1ccnc(CNC2CC2)c1. The Morgan fingerprint density at radius 1 is 1.20 bits per heavy atom. The number of anilines is 1. The third kappa shape index (κ3) is 5.12. The molecule has 0 amide bonds. The summed E-state index contributed by atoms with van der Waals surface area (Å²) in [6.07, 6.45) is 9.67. The molecule has 1 saturated carbocycles. The Balaban J connectivity index is 1.95. The van der Waals surface area contributed by atoms with E-state index in [1.165, 1.54) is 49.9 Å². The third-order valence-corrected chi connectivity index (χ3v) is 3.88. The van der Waals surface area contributed by atoms with Gasteiger partial charge < -0.3 is 10.2 Å². The minimum Gasteiger partial charge on any atom is -0.371 e. The van der Waals surface area contributed by atoms with Crippen molar-refractivity contribution in [1.29, 1.82) is 0 Å². The van der Waals surface area contributed by atoms with Crippen molar-refractivity contribution < 1.29 is 0 Å². The zero-order valence-corrected chi connectivity index (χ0v) is 13.1. The first-order valence-corrected chi connectivity index (χ1v) is 8.26. The highest BCUT2D eigenvalue weighted by molar-refractivity contribution is 5.46. The predicted octanol–water partition coefficient (Wildman–Crippen LogP) is 3.74. The van der Waals surface area contributed by atoms with Crippen LogP contribution in [-0.2, 0) is 6.54 Å². The van der Waals surface area contributed by atoms with E-state index in [4.69, 9.17) is 0 Å². The average Bonchev–Trinajstić information content (AvgIpc) is 3.30. The van der Waals surface area contributed by atoms with Crippen LogP contribution in [0.4, 0.5) is 5.69 Å². The summed E-state index contributed by atoms with van der Waals surface area (Å²) in [5.41, 5.74) is 2.52. The molecule has 0 bridgehead atoms.